The summed E-state index contributed by atoms with van der Waals surface area (Å²) in [6.45, 7) is 2.38. The summed E-state index contributed by atoms with van der Waals surface area (Å²) in [5.41, 5.74) is 6.71. The lowest BCUT2D eigenvalue weighted by atomic mass is 10.2. The fourth-order valence-corrected chi connectivity index (χ4v) is 2.45. The van der Waals surface area contributed by atoms with Crippen molar-refractivity contribution in [3.05, 3.63) is 60.4 Å². The fraction of sp³-hybridized carbons (Fsp3) is 0.158. The molecule has 9 heteroatoms. The molecule has 1 heterocycles. The van der Waals surface area contributed by atoms with Crippen molar-refractivity contribution in [1.82, 2.24) is 9.97 Å². The molecule has 0 amide bonds. The molecular formula is C19H18F3N5O. The predicted molar refractivity (Wildman–Crippen MR) is 102 cm³/mol. The maximum atomic E-state index is 12.7. The second kappa shape index (κ2) is 8.03. The summed E-state index contributed by atoms with van der Waals surface area (Å²) in [5.74, 6) is 1.25. The van der Waals surface area contributed by atoms with Crippen LogP contribution in [0.2, 0.25) is 0 Å². The number of aromatic nitrogens is 2. The standard InChI is InChI=1S/C19H18F3N5O/c1-2-28-15-6-4-3-5-14(15)27-18-16(23)17(24-11-25-18)26-13-9-7-12(8-10-13)19(20,21)22/h3-11H,2,23H2,1H3,(H2,24,25,26,27). The molecule has 0 radical (unpaired) electrons. The van der Waals surface area contributed by atoms with Crippen molar-refractivity contribution in [2.75, 3.05) is 23.0 Å². The number of alkyl halides is 3. The molecule has 0 saturated heterocycles. The van der Waals surface area contributed by atoms with E-state index in [1.165, 1.54) is 18.5 Å². The highest BCUT2D eigenvalue weighted by atomic mass is 19.4. The number of nitrogens with one attached hydrogen (secondary N) is 2. The van der Waals surface area contributed by atoms with Crippen LogP contribution in [0.1, 0.15) is 12.5 Å². The maximum Gasteiger partial charge on any atom is 0.416 e. The Bertz CT molecular complexity index is 945. The Balaban J connectivity index is 1.82. The van der Waals surface area contributed by atoms with Crippen molar-refractivity contribution < 1.29 is 17.9 Å². The van der Waals surface area contributed by atoms with Crippen molar-refractivity contribution >= 4 is 28.7 Å². The molecular weight excluding hydrogens is 371 g/mol. The van der Waals surface area contributed by atoms with Gasteiger partial charge in [0.1, 0.15) is 17.8 Å². The molecule has 2 aromatic carbocycles. The Morgan fingerprint density at radius 1 is 0.964 bits per heavy atom. The zero-order valence-electron chi connectivity index (χ0n) is 14.9. The van der Waals surface area contributed by atoms with Crippen LogP contribution in [-0.4, -0.2) is 16.6 Å². The second-order valence-corrected chi connectivity index (χ2v) is 5.74. The van der Waals surface area contributed by atoms with Gasteiger partial charge in [-0.05, 0) is 43.3 Å². The Morgan fingerprint density at radius 3 is 2.25 bits per heavy atom. The summed E-state index contributed by atoms with van der Waals surface area (Å²) < 4.78 is 43.6. The molecule has 6 nitrogen and oxygen atoms in total. The lowest BCUT2D eigenvalue weighted by Gasteiger charge is -2.15. The van der Waals surface area contributed by atoms with Gasteiger partial charge < -0.3 is 21.1 Å². The summed E-state index contributed by atoms with van der Waals surface area (Å²) in [6, 6.07) is 11.9. The van der Waals surface area contributed by atoms with E-state index in [1.807, 2.05) is 31.2 Å². The summed E-state index contributed by atoms with van der Waals surface area (Å²) >= 11 is 0. The van der Waals surface area contributed by atoms with Crippen molar-refractivity contribution in [2.24, 2.45) is 0 Å². The van der Waals surface area contributed by atoms with Crippen LogP contribution in [0, 0.1) is 0 Å². The lowest BCUT2D eigenvalue weighted by Crippen LogP contribution is -2.07. The molecule has 0 fully saturated rings. The molecule has 4 N–H and O–H groups in total. The number of rotatable bonds is 6. The number of hydrogen-bond donors (Lipinski definition) is 3. The van der Waals surface area contributed by atoms with Gasteiger partial charge in [-0.25, -0.2) is 9.97 Å². The van der Waals surface area contributed by atoms with Gasteiger partial charge in [-0.3, -0.25) is 0 Å². The van der Waals surface area contributed by atoms with Crippen LogP contribution < -0.4 is 21.1 Å². The monoisotopic (exact) mass is 389 g/mol. The Hall–Kier alpha value is -3.49. The highest BCUT2D eigenvalue weighted by Crippen LogP contribution is 2.33. The number of benzene rings is 2. The number of anilines is 5. The largest absolute Gasteiger partial charge is 0.492 e. The van der Waals surface area contributed by atoms with Gasteiger partial charge in [0.05, 0.1) is 17.9 Å². The second-order valence-electron chi connectivity index (χ2n) is 5.74. The minimum atomic E-state index is -4.39. The molecule has 3 rings (SSSR count). The van der Waals surface area contributed by atoms with Crippen molar-refractivity contribution in [3.63, 3.8) is 0 Å². The van der Waals surface area contributed by atoms with Crippen LogP contribution in [0.25, 0.3) is 0 Å². The van der Waals surface area contributed by atoms with Gasteiger partial charge >= 0.3 is 6.18 Å². The van der Waals surface area contributed by atoms with E-state index in [9.17, 15) is 13.2 Å². The highest BCUT2D eigenvalue weighted by Gasteiger charge is 2.29. The lowest BCUT2D eigenvalue weighted by molar-refractivity contribution is -0.137. The van der Waals surface area contributed by atoms with Crippen LogP contribution in [0.3, 0.4) is 0 Å². The maximum absolute atomic E-state index is 12.7. The zero-order chi connectivity index (χ0) is 20.1. The van der Waals surface area contributed by atoms with E-state index in [2.05, 4.69) is 20.6 Å². The molecule has 0 aliphatic rings. The van der Waals surface area contributed by atoms with Gasteiger partial charge in [-0.2, -0.15) is 13.2 Å². The number of nitrogens with zero attached hydrogens (tertiary/aromatic N) is 2. The smallest absolute Gasteiger partial charge is 0.416 e. The zero-order valence-corrected chi connectivity index (χ0v) is 14.9. The summed E-state index contributed by atoms with van der Waals surface area (Å²) in [5, 5.41) is 5.99. The summed E-state index contributed by atoms with van der Waals surface area (Å²) in [4.78, 5) is 8.20. The van der Waals surface area contributed by atoms with Gasteiger partial charge in [-0.1, -0.05) is 12.1 Å². The molecule has 0 aliphatic heterocycles. The average Bonchev–Trinajstić information content (AvgIpc) is 2.66. The minimum Gasteiger partial charge on any atom is -0.492 e. The van der Waals surface area contributed by atoms with Gasteiger partial charge in [-0.15, -0.1) is 0 Å². The van der Waals surface area contributed by atoms with Crippen LogP contribution >= 0.6 is 0 Å². The molecule has 0 spiro atoms. The van der Waals surface area contributed by atoms with Crippen molar-refractivity contribution in [1.29, 1.82) is 0 Å². The molecule has 0 unspecified atom stereocenters. The molecule has 0 aliphatic carbocycles. The normalized spacial score (nSPS) is 11.1. The third-order valence-corrected chi connectivity index (χ3v) is 3.80. The third kappa shape index (κ3) is 4.43. The van der Waals surface area contributed by atoms with E-state index in [0.717, 1.165) is 12.1 Å². The van der Waals surface area contributed by atoms with Gasteiger partial charge in [0.25, 0.3) is 0 Å². The highest BCUT2D eigenvalue weighted by molar-refractivity contribution is 5.81. The quantitative estimate of drug-likeness (QED) is 0.552. The third-order valence-electron chi connectivity index (χ3n) is 3.80. The number of nitrogens with two attached hydrogens (primary N) is 1. The first-order valence-electron chi connectivity index (χ1n) is 8.42. The molecule has 3 aromatic rings. The van der Waals surface area contributed by atoms with E-state index in [1.54, 1.807) is 0 Å². The number of ether oxygens (including phenoxy) is 1. The SMILES string of the molecule is CCOc1ccccc1Nc1ncnc(Nc2ccc(C(F)(F)F)cc2)c1N. The fourth-order valence-electron chi connectivity index (χ4n) is 2.45. The van der Waals surface area contributed by atoms with E-state index in [0.29, 0.717) is 29.5 Å². The number of halogens is 3. The van der Waals surface area contributed by atoms with Crippen molar-refractivity contribution in [3.8, 4) is 5.75 Å². The van der Waals surface area contributed by atoms with E-state index in [-0.39, 0.29) is 11.5 Å². The topological polar surface area (TPSA) is 85.1 Å². The number of nitrogen functional groups attached to an aromatic ring is 1. The van der Waals surface area contributed by atoms with Crippen molar-refractivity contribution in [2.45, 2.75) is 13.1 Å². The molecule has 28 heavy (non-hydrogen) atoms. The molecule has 0 atom stereocenters. The molecule has 146 valence electrons. The van der Waals surface area contributed by atoms with Gasteiger partial charge in [0, 0.05) is 5.69 Å². The van der Waals surface area contributed by atoms with E-state index >= 15 is 0 Å². The Morgan fingerprint density at radius 2 is 1.61 bits per heavy atom. The van der Waals surface area contributed by atoms with Crippen LogP contribution in [0.4, 0.5) is 41.9 Å². The van der Waals surface area contributed by atoms with E-state index < -0.39 is 11.7 Å². The summed E-state index contributed by atoms with van der Waals surface area (Å²) in [7, 11) is 0. The Labute approximate surface area is 159 Å². The summed E-state index contributed by atoms with van der Waals surface area (Å²) in [6.07, 6.45) is -3.09. The van der Waals surface area contributed by atoms with Crippen LogP contribution in [0.15, 0.2) is 54.9 Å². The van der Waals surface area contributed by atoms with Gasteiger partial charge in [0.15, 0.2) is 11.6 Å². The average molecular weight is 389 g/mol. The first-order valence-corrected chi connectivity index (χ1v) is 8.42. The van der Waals surface area contributed by atoms with E-state index in [4.69, 9.17) is 10.5 Å². The Kier molecular flexibility index (Phi) is 5.53. The van der Waals surface area contributed by atoms with Crippen LogP contribution in [-0.2, 0) is 6.18 Å². The molecule has 0 saturated carbocycles. The molecule has 0 bridgehead atoms. The van der Waals surface area contributed by atoms with Crippen LogP contribution in [0.5, 0.6) is 5.75 Å². The number of hydrogen-bond acceptors (Lipinski definition) is 6. The first kappa shape index (κ1) is 19.3. The van der Waals surface area contributed by atoms with Gasteiger partial charge in [0.2, 0.25) is 0 Å². The predicted octanol–water partition coefficient (Wildman–Crippen LogP) is 4.96. The first-order chi connectivity index (χ1) is 13.4. The molecule has 1 aromatic heterocycles. The number of para-hydroxylation sites is 2. The minimum absolute atomic E-state index is 0.216.